The monoisotopic (exact) mass is 452 g/mol. The molecule has 1 fully saturated rings. The van der Waals surface area contributed by atoms with Crippen LogP contribution in [0.3, 0.4) is 0 Å². The maximum Gasteiger partial charge on any atom is 0.495 e. The molecule has 2 aromatic carbocycles. The smallest absolute Gasteiger partial charge is 0.467 e. The molecule has 0 bridgehead atoms. The third-order valence-corrected chi connectivity index (χ3v) is 6.84. The minimum absolute atomic E-state index is 0.0200. The van der Waals surface area contributed by atoms with Crippen LogP contribution < -0.4 is 10.2 Å². The normalized spacial score (nSPS) is 18.0. The molecule has 0 aliphatic carbocycles. The summed E-state index contributed by atoms with van der Waals surface area (Å²) < 4.78 is 24.5. The van der Waals surface area contributed by atoms with Crippen LogP contribution >= 0.6 is 0 Å². The van der Waals surface area contributed by atoms with E-state index in [9.17, 15) is 0 Å². The van der Waals surface area contributed by atoms with Crippen molar-refractivity contribution >= 4 is 12.6 Å². The first-order valence-corrected chi connectivity index (χ1v) is 11.8. The van der Waals surface area contributed by atoms with Crippen molar-refractivity contribution in [3.8, 4) is 16.9 Å². The van der Waals surface area contributed by atoms with Crippen molar-refractivity contribution in [2.45, 2.75) is 91.3 Å². The SMILES string of the molecule is COCOc1c(-c2ccccc2B2OC(C)(C)C(C)(C)O2)cc(C(C)(C)C)cc1C(C)(C)C. The highest BCUT2D eigenvalue weighted by atomic mass is 16.7. The Morgan fingerprint density at radius 2 is 1.39 bits per heavy atom. The van der Waals surface area contributed by atoms with Crippen molar-refractivity contribution in [3.05, 3.63) is 47.5 Å². The Hall–Kier alpha value is -1.82. The molecule has 0 atom stereocenters. The van der Waals surface area contributed by atoms with Crippen LogP contribution in [0.5, 0.6) is 5.75 Å². The zero-order valence-corrected chi connectivity index (χ0v) is 22.4. The van der Waals surface area contributed by atoms with Crippen LogP contribution in [0.2, 0.25) is 0 Å². The minimum Gasteiger partial charge on any atom is -0.467 e. The number of methoxy groups -OCH3 is 1. The number of rotatable bonds is 5. The molecule has 33 heavy (non-hydrogen) atoms. The number of ether oxygens (including phenoxy) is 2. The topological polar surface area (TPSA) is 36.9 Å². The van der Waals surface area contributed by atoms with Crippen LogP contribution in [0.1, 0.15) is 80.4 Å². The van der Waals surface area contributed by atoms with E-state index >= 15 is 0 Å². The van der Waals surface area contributed by atoms with Gasteiger partial charge >= 0.3 is 7.12 Å². The van der Waals surface area contributed by atoms with E-state index in [1.54, 1.807) is 7.11 Å². The summed E-state index contributed by atoms with van der Waals surface area (Å²) in [6, 6.07) is 12.9. The summed E-state index contributed by atoms with van der Waals surface area (Å²) in [6.07, 6.45) is 0. The third kappa shape index (κ3) is 5.16. The first-order valence-electron chi connectivity index (χ1n) is 11.8. The average molecular weight is 452 g/mol. The van der Waals surface area contributed by atoms with E-state index in [-0.39, 0.29) is 17.6 Å². The molecule has 1 saturated heterocycles. The van der Waals surface area contributed by atoms with Crippen molar-refractivity contribution in [3.63, 3.8) is 0 Å². The van der Waals surface area contributed by atoms with E-state index in [1.165, 1.54) is 5.56 Å². The van der Waals surface area contributed by atoms with Crippen LogP contribution in [0.25, 0.3) is 11.1 Å². The molecular formula is C28H41BO4. The van der Waals surface area contributed by atoms with Crippen LogP contribution in [0.15, 0.2) is 36.4 Å². The Bertz CT molecular complexity index is 980. The molecule has 1 aliphatic heterocycles. The van der Waals surface area contributed by atoms with Gasteiger partial charge in [-0.15, -0.1) is 0 Å². The molecule has 4 nitrogen and oxygen atoms in total. The fourth-order valence-electron chi connectivity index (χ4n) is 4.01. The second kappa shape index (κ2) is 8.76. The maximum atomic E-state index is 6.44. The summed E-state index contributed by atoms with van der Waals surface area (Å²) in [5.41, 5.74) is 4.56. The van der Waals surface area contributed by atoms with E-state index in [2.05, 4.69) is 99.6 Å². The van der Waals surface area contributed by atoms with Crippen molar-refractivity contribution in [2.75, 3.05) is 13.9 Å². The highest BCUT2D eigenvalue weighted by molar-refractivity contribution is 6.64. The quantitative estimate of drug-likeness (QED) is 0.398. The first kappa shape index (κ1) is 25.8. The van der Waals surface area contributed by atoms with Gasteiger partial charge in [-0.25, -0.2) is 0 Å². The average Bonchev–Trinajstić information content (AvgIpc) is 2.91. The van der Waals surface area contributed by atoms with E-state index in [0.29, 0.717) is 0 Å². The number of hydrogen-bond acceptors (Lipinski definition) is 4. The highest BCUT2D eigenvalue weighted by Crippen LogP contribution is 2.43. The van der Waals surface area contributed by atoms with Gasteiger partial charge in [0.05, 0.1) is 11.2 Å². The predicted molar refractivity (Wildman–Crippen MR) is 137 cm³/mol. The molecule has 2 aromatic rings. The van der Waals surface area contributed by atoms with E-state index in [0.717, 1.165) is 27.9 Å². The van der Waals surface area contributed by atoms with Crippen molar-refractivity contribution < 1.29 is 18.8 Å². The van der Waals surface area contributed by atoms with Crippen molar-refractivity contribution in [1.29, 1.82) is 0 Å². The summed E-state index contributed by atoms with van der Waals surface area (Å²) in [5, 5.41) is 0. The molecule has 0 radical (unpaired) electrons. The molecule has 0 spiro atoms. The Morgan fingerprint density at radius 1 is 0.818 bits per heavy atom. The third-order valence-electron chi connectivity index (χ3n) is 6.84. The number of hydrogen-bond donors (Lipinski definition) is 0. The second-order valence-corrected chi connectivity index (χ2v) is 12.1. The van der Waals surface area contributed by atoms with Gasteiger partial charge in [0.1, 0.15) is 5.75 Å². The fourth-order valence-corrected chi connectivity index (χ4v) is 4.01. The maximum absolute atomic E-state index is 6.44. The van der Waals surface area contributed by atoms with Crippen molar-refractivity contribution in [2.24, 2.45) is 0 Å². The van der Waals surface area contributed by atoms with Crippen LogP contribution in [-0.2, 0) is 24.9 Å². The molecule has 1 aliphatic rings. The molecule has 0 saturated carbocycles. The fraction of sp³-hybridized carbons (Fsp3) is 0.571. The highest BCUT2D eigenvalue weighted by Gasteiger charge is 2.52. The Balaban J connectivity index is 2.29. The predicted octanol–water partition coefficient (Wildman–Crippen LogP) is 6.23. The number of benzene rings is 2. The molecule has 0 amide bonds. The zero-order chi connectivity index (χ0) is 24.8. The lowest BCUT2D eigenvalue weighted by Gasteiger charge is -2.32. The largest absolute Gasteiger partial charge is 0.495 e. The summed E-state index contributed by atoms with van der Waals surface area (Å²) in [5.74, 6) is 0.848. The lowest BCUT2D eigenvalue weighted by molar-refractivity contribution is 0.00578. The summed E-state index contributed by atoms with van der Waals surface area (Å²) in [7, 11) is 1.19. The Kier molecular flexibility index (Phi) is 6.85. The van der Waals surface area contributed by atoms with Crippen molar-refractivity contribution in [1.82, 2.24) is 0 Å². The first-order chi connectivity index (χ1) is 15.1. The van der Waals surface area contributed by atoms with Gasteiger partial charge in [0.15, 0.2) is 6.79 Å². The van der Waals surface area contributed by atoms with E-state index < -0.39 is 18.3 Å². The van der Waals surface area contributed by atoms with Crippen LogP contribution in [-0.4, -0.2) is 32.2 Å². The molecule has 5 heteroatoms. The van der Waals surface area contributed by atoms with Gasteiger partial charge in [0.25, 0.3) is 0 Å². The summed E-state index contributed by atoms with van der Waals surface area (Å²) in [4.78, 5) is 0. The van der Waals surface area contributed by atoms with Gasteiger partial charge in [-0.2, -0.15) is 0 Å². The van der Waals surface area contributed by atoms with Crippen LogP contribution in [0, 0.1) is 0 Å². The Labute approximate surface area is 201 Å². The van der Waals surface area contributed by atoms with Gasteiger partial charge in [-0.1, -0.05) is 71.9 Å². The van der Waals surface area contributed by atoms with E-state index in [4.69, 9.17) is 18.8 Å². The van der Waals surface area contributed by atoms with Gasteiger partial charge in [-0.05, 0) is 61.2 Å². The van der Waals surface area contributed by atoms with E-state index in [1.807, 2.05) is 6.07 Å². The molecule has 0 unspecified atom stereocenters. The second-order valence-electron chi connectivity index (χ2n) is 12.1. The van der Waals surface area contributed by atoms with Gasteiger partial charge in [0.2, 0.25) is 0 Å². The van der Waals surface area contributed by atoms with Gasteiger partial charge < -0.3 is 18.8 Å². The minimum atomic E-state index is -0.460. The standard InChI is InChI=1S/C28H41BO4/c1-25(2,3)19-16-21(24(31-18-30-11)22(17-19)26(4,5)6)20-14-12-13-15-23(20)29-32-27(7,8)28(9,10)33-29/h12-17H,18H2,1-11H3. The molecule has 3 rings (SSSR count). The zero-order valence-electron chi connectivity index (χ0n) is 22.4. The lowest BCUT2D eigenvalue weighted by atomic mass is 9.72. The van der Waals surface area contributed by atoms with Crippen LogP contribution in [0.4, 0.5) is 0 Å². The Morgan fingerprint density at radius 3 is 1.91 bits per heavy atom. The summed E-state index contributed by atoms with van der Waals surface area (Å²) >= 11 is 0. The van der Waals surface area contributed by atoms with Gasteiger partial charge in [0, 0.05) is 18.2 Å². The summed E-state index contributed by atoms with van der Waals surface area (Å²) in [6.45, 7) is 21.9. The van der Waals surface area contributed by atoms with Gasteiger partial charge in [-0.3, -0.25) is 0 Å². The lowest BCUT2D eigenvalue weighted by Crippen LogP contribution is -2.41. The molecule has 180 valence electrons. The molecular weight excluding hydrogens is 411 g/mol. The molecule has 1 heterocycles. The molecule has 0 N–H and O–H groups in total. The molecule has 0 aromatic heterocycles.